The molecular weight excluding hydrogens is 356 g/mol. The highest BCUT2D eigenvalue weighted by Crippen LogP contribution is 2.69. The highest BCUT2D eigenvalue weighted by Gasteiger charge is 2.64. The molecule has 0 aromatic carbocycles. The van der Waals surface area contributed by atoms with E-state index in [1.54, 1.807) is 0 Å². The van der Waals surface area contributed by atoms with Crippen molar-refractivity contribution in [1.29, 1.82) is 0 Å². The van der Waals surface area contributed by atoms with E-state index in [1.165, 1.54) is 51.4 Å². The van der Waals surface area contributed by atoms with Gasteiger partial charge in [0, 0.05) is 6.42 Å². The fourth-order valence-electron chi connectivity index (χ4n) is 9.25. The van der Waals surface area contributed by atoms with E-state index in [1.807, 2.05) is 0 Å². The van der Waals surface area contributed by atoms with Crippen molar-refractivity contribution in [3.05, 3.63) is 0 Å². The highest BCUT2D eigenvalue weighted by molar-refractivity contribution is 5.14. The van der Waals surface area contributed by atoms with E-state index in [0.717, 1.165) is 48.9 Å². The predicted octanol–water partition coefficient (Wildman–Crippen LogP) is 6.58. The monoisotopic (exact) mass is 404 g/mol. The van der Waals surface area contributed by atoms with E-state index in [4.69, 9.17) is 0 Å². The lowest BCUT2D eigenvalue weighted by molar-refractivity contribution is -0.220. The number of rotatable bonds is 5. The summed E-state index contributed by atoms with van der Waals surface area (Å²) in [5, 5.41) is 21.8. The zero-order valence-electron chi connectivity index (χ0n) is 19.9. The summed E-state index contributed by atoms with van der Waals surface area (Å²) in [6, 6.07) is 0. The van der Waals surface area contributed by atoms with Crippen molar-refractivity contribution in [1.82, 2.24) is 0 Å². The third kappa shape index (κ3) is 3.53. The number of hydrogen-bond acceptors (Lipinski definition) is 2. The van der Waals surface area contributed by atoms with Crippen molar-refractivity contribution in [2.75, 3.05) is 0 Å². The SMILES string of the molecule is CC(C)CCC[C@@H](C)[C@H]1CC[C@H]2[C@@H]3CC[C@@]4(O)C[C@@H](O)CC[C@]4(C)[C@H]3CC[C@]12C. The van der Waals surface area contributed by atoms with Gasteiger partial charge in [-0.2, -0.15) is 0 Å². The second-order valence-corrected chi connectivity index (χ2v) is 12.8. The van der Waals surface area contributed by atoms with Crippen LogP contribution in [0.4, 0.5) is 0 Å². The van der Waals surface area contributed by atoms with Crippen LogP contribution in [0.3, 0.4) is 0 Å². The largest absolute Gasteiger partial charge is 0.393 e. The number of aliphatic hydroxyl groups is 2. The lowest BCUT2D eigenvalue weighted by atomic mass is 9.43. The maximum atomic E-state index is 11.6. The van der Waals surface area contributed by atoms with Gasteiger partial charge in [0.05, 0.1) is 11.7 Å². The fourth-order valence-corrected chi connectivity index (χ4v) is 9.25. The summed E-state index contributed by atoms with van der Waals surface area (Å²) in [6.07, 6.45) is 14.1. The van der Waals surface area contributed by atoms with Crippen LogP contribution in [0.15, 0.2) is 0 Å². The molecule has 4 saturated carbocycles. The molecule has 0 unspecified atom stereocenters. The van der Waals surface area contributed by atoms with Gasteiger partial charge in [0.15, 0.2) is 0 Å². The van der Waals surface area contributed by atoms with E-state index in [9.17, 15) is 10.2 Å². The second-order valence-electron chi connectivity index (χ2n) is 12.8. The molecule has 0 aromatic rings. The number of aliphatic hydroxyl groups excluding tert-OH is 1. The molecule has 0 amide bonds. The standard InChI is InChI=1S/C27H48O2/c1-18(2)7-6-8-19(3)22-9-10-23-21-12-16-27(29)17-20(28)11-15-26(27,5)24(21)13-14-25(22,23)4/h18-24,28-29H,6-17H2,1-5H3/t19-,20+,21+,22-,23+,24+,25-,26-,27-/m1/s1. The minimum Gasteiger partial charge on any atom is -0.393 e. The van der Waals surface area contributed by atoms with Gasteiger partial charge in [0.1, 0.15) is 0 Å². The van der Waals surface area contributed by atoms with Gasteiger partial charge in [0.25, 0.3) is 0 Å². The van der Waals surface area contributed by atoms with E-state index < -0.39 is 5.60 Å². The van der Waals surface area contributed by atoms with E-state index in [0.29, 0.717) is 17.8 Å². The predicted molar refractivity (Wildman–Crippen MR) is 121 cm³/mol. The van der Waals surface area contributed by atoms with Crippen molar-refractivity contribution in [3.8, 4) is 0 Å². The summed E-state index contributed by atoms with van der Waals surface area (Å²) in [4.78, 5) is 0. The van der Waals surface area contributed by atoms with Crippen LogP contribution in [0.25, 0.3) is 0 Å². The van der Waals surface area contributed by atoms with E-state index in [2.05, 4.69) is 34.6 Å². The smallest absolute Gasteiger partial charge is 0.0728 e. The van der Waals surface area contributed by atoms with Crippen molar-refractivity contribution >= 4 is 0 Å². The average Bonchev–Trinajstić information content (AvgIpc) is 2.99. The van der Waals surface area contributed by atoms with Crippen LogP contribution in [0.2, 0.25) is 0 Å². The quantitative estimate of drug-likeness (QED) is 0.543. The molecule has 2 N–H and O–H groups in total. The van der Waals surface area contributed by atoms with Gasteiger partial charge in [-0.1, -0.05) is 53.9 Å². The summed E-state index contributed by atoms with van der Waals surface area (Å²) in [7, 11) is 0. The molecule has 2 nitrogen and oxygen atoms in total. The van der Waals surface area contributed by atoms with Gasteiger partial charge < -0.3 is 10.2 Å². The molecule has 4 fully saturated rings. The topological polar surface area (TPSA) is 40.5 Å². The maximum Gasteiger partial charge on any atom is 0.0728 e. The molecule has 4 aliphatic rings. The van der Waals surface area contributed by atoms with Crippen molar-refractivity contribution in [2.24, 2.45) is 46.3 Å². The molecule has 4 aliphatic carbocycles. The van der Waals surface area contributed by atoms with Gasteiger partial charge in [-0.3, -0.25) is 0 Å². The Hall–Kier alpha value is -0.0800. The Labute approximate surface area is 180 Å². The summed E-state index contributed by atoms with van der Waals surface area (Å²) < 4.78 is 0. The first-order chi connectivity index (χ1) is 13.6. The Morgan fingerprint density at radius 3 is 2.34 bits per heavy atom. The van der Waals surface area contributed by atoms with Crippen molar-refractivity contribution in [2.45, 2.75) is 123 Å². The van der Waals surface area contributed by atoms with Crippen LogP contribution in [-0.4, -0.2) is 21.9 Å². The molecule has 29 heavy (non-hydrogen) atoms. The van der Waals surface area contributed by atoms with Crippen molar-refractivity contribution in [3.63, 3.8) is 0 Å². The fraction of sp³-hybridized carbons (Fsp3) is 1.00. The zero-order valence-corrected chi connectivity index (χ0v) is 19.9. The Morgan fingerprint density at radius 2 is 1.62 bits per heavy atom. The Kier molecular flexibility index (Phi) is 5.95. The molecule has 0 bridgehead atoms. The number of hydrogen-bond donors (Lipinski definition) is 2. The van der Waals surface area contributed by atoms with Crippen LogP contribution < -0.4 is 0 Å². The van der Waals surface area contributed by atoms with Crippen LogP contribution in [0.5, 0.6) is 0 Å². The summed E-state index contributed by atoms with van der Waals surface area (Å²) in [5.74, 6) is 4.94. The van der Waals surface area contributed by atoms with E-state index >= 15 is 0 Å². The molecule has 0 spiro atoms. The van der Waals surface area contributed by atoms with Gasteiger partial charge in [-0.15, -0.1) is 0 Å². The minimum atomic E-state index is -0.623. The van der Waals surface area contributed by atoms with E-state index in [-0.39, 0.29) is 11.5 Å². The third-order valence-corrected chi connectivity index (χ3v) is 11.0. The lowest BCUT2D eigenvalue weighted by Crippen LogP contribution is -2.62. The first-order valence-corrected chi connectivity index (χ1v) is 13.0. The molecule has 0 heterocycles. The lowest BCUT2D eigenvalue weighted by Gasteiger charge is -2.64. The first-order valence-electron chi connectivity index (χ1n) is 13.0. The summed E-state index contributed by atoms with van der Waals surface area (Å²) in [6.45, 7) is 12.3. The van der Waals surface area contributed by atoms with Gasteiger partial charge in [0.2, 0.25) is 0 Å². The van der Waals surface area contributed by atoms with Gasteiger partial charge >= 0.3 is 0 Å². The van der Waals surface area contributed by atoms with Crippen LogP contribution in [0.1, 0.15) is 112 Å². The summed E-state index contributed by atoms with van der Waals surface area (Å²) in [5.41, 5.74) is -0.0719. The normalized spacial score (nSPS) is 50.7. The second kappa shape index (κ2) is 7.80. The van der Waals surface area contributed by atoms with Crippen LogP contribution >= 0.6 is 0 Å². The molecule has 2 heteroatoms. The Morgan fingerprint density at radius 1 is 0.862 bits per heavy atom. The Balaban J connectivity index is 1.49. The van der Waals surface area contributed by atoms with Crippen molar-refractivity contribution < 1.29 is 10.2 Å². The molecule has 0 radical (unpaired) electrons. The minimum absolute atomic E-state index is 0.0252. The number of fused-ring (bicyclic) bond motifs is 5. The first kappa shape index (κ1) is 22.1. The average molecular weight is 405 g/mol. The highest BCUT2D eigenvalue weighted by atomic mass is 16.3. The third-order valence-electron chi connectivity index (χ3n) is 11.0. The molecule has 0 saturated heterocycles. The van der Waals surface area contributed by atoms with Gasteiger partial charge in [-0.25, -0.2) is 0 Å². The molecule has 4 rings (SSSR count). The molecule has 0 aromatic heterocycles. The molecule has 0 aliphatic heterocycles. The molecule has 168 valence electrons. The maximum absolute atomic E-state index is 11.6. The summed E-state index contributed by atoms with van der Waals surface area (Å²) >= 11 is 0. The van der Waals surface area contributed by atoms with Gasteiger partial charge in [-0.05, 0) is 97.7 Å². The van der Waals surface area contributed by atoms with Crippen LogP contribution in [-0.2, 0) is 0 Å². The molecular formula is C27H48O2. The Bertz CT molecular complexity index is 587. The molecule has 9 atom stereocenters. The van der Waals surface area contributed by atoms with Crippen LogP contribution in [0, 0.1) is 46.3 Å². The zero-order chi connectivity index (χ0) is 21.0.